The molecule has 0 fully saturated rings. The molecule has 0 aliphatic carbocycles. The van der Waals surface area contributed by atoms with E-state index < -0.39 is 0 Å². The van der Waals surface area contributed by atoms with Crippen LogP contribution in [0, 0.1) is 0 Å². The summed E-state index contributed by atoms with van der Waals surface area (Å²) in [6, 6.07) is 17.2. The molecule has 26 heavy (non-hydrogen) atoms. The van der Waals surface area contributed by atoms with Gasteiger partial charge in [-0.1, -0.05) is 42.5 Å². The van der Waals surface area contributed by atoms with Crippen molar-refractivity contribution < 1.29 is 9.53 Å². The van der Waals surface area contributed by atoms with E-state index in [9.17, 15) is 4.79 Å². The van der Waals surface area contributed by atoms with Gasteiger partial charge in [-0.25, -0.2) is 4.98 Å². The van der Waals surface area contributed by atoms with Crippen molar-refractivity contribution in [3.05, 3.63) is 60.3 Å². The largest absolute Gasteiger partial charge is 0.492 e. The van der Waals surface area contributed by atoms with Crippen molar-refractivity contribution in [3.63, 3.8) is 0 Å². The third kappa shape index (κ3) is 2.69. The topological polar surface area (TPSA) is 84.8 Å². The van der Waals surface area contributed by atoms with Crippen molar-refractivity contribution in [1.82, 2.24) is 19.7 Å². The molecule has 2 N–H and O–H groups in total. The molecule has 2 heterocycles. The van der Waals surface area contributed by atoms with Gasteiger partial charge in [-0.15, -0.1) is 0 Å². The smallest absolute Gasteiger partial charge is 0.280 e. The van der Waals surface area contributed by atoms with Crippen LogP contribution in [0.2, 0.25) is 0 Å². The Morgan fingerprint density at radius 3 is 2.58 bits per heavy atom. The van der Waals surface area contributed by atoms with Gasteiger partial charge in [0.2, 0.25) is 5.95 Å². The number of nitrogens with one attached hydrogen (secondary N) is 2. The first kappa shape index (κ1) is 15.9. The van der Waals surface area contributed by atoms with Crippen molar-refractivity contribution in [3.8, 4) is 17.0 Å². The van der Waals surface area contributed by atoms with Gasteiger partial charge in [0.05, 0.1) is 18.1 Å². The van der Waals surface area contributed by atoms with Crippen molar-refractivity contribution >= 4 is 22.9 Å². The maximum atomic E-state index is 12.8. The number of fused-ring (bicyclic) bond motifs is 1. The average Bonchev–Trinajstić information content (AvgIpc) is 3.22. The molecule has 4 aromatic rings. The minimum Gasteiger partial charge on any atom is -0.492 e. The Kier molecular flexibility index (Phi) is 3.89. The zero-order valence-electron chi connectivity index (χ0n) is 14.4. The van der Waals surface area contributed by atoms with Crippen LogP contribution in [0.4, 0.5) is 5.95 Å². The summed E-state index contributed by atoms with van der Waals surface area (Å²) >= 11 is 0. The molecule has 0 radical (unpaired) electrons. The number of amides is 1. The van der Waals surface area contributed by atoms with Crippen molar-refractivity contribution in [2.75, 3.05) is 12.4 Å². The van der Waals surface area contributed by atoms with E-state index in [1.165, 1.54) is 11.8 Å². The van der Waals surface area contributed by atoms with E-state index in [1.807, 2.05) is 54.6 Å². The van der Waals surface area contributed by atoms with Gasteiger partial charge in [0.1, 0.15) is 5.69 Å². The summed E-state index contributed by atoms with van der Waals surface area (Å²) in [5.74, 6) is 0.450. The predicted octanol–water partition coefficient (Wildman–Crippen LogP) is 3.22. The fourth-order valence-electron chi connectivity index (χ4n) is 2.91. The predicted molar refractivity (Wildman–Crippen MR) is 99.2 cm³/mol. The number of hydrogen-bond acceptors (Lipinski definition) is 4. The van der Waals surface area contributed by atoms with E-state index in [-0.39, 0.29) is 5.91 Å². The van der Waals surface area contributed by atoms with E-state index in [1.54, 1.807) is 7.05 Å². The first-order valence-corrected chi connectivity index (χ1v) is 8.10. The SMILES string of the molecule is COc1c(-c2ccccc2)nn(C)c1C(=O)Nc1nc2ccccc2[nH]1. The Labute approximate surface area is 149 Å². The number of benzene rings is 2. The fraction of sp³-hybridized carbons (Fsp3) is 0.105. The van der Waals surface area contributed by atoms with E-state index in [0.29, 0.717) is 23.1 Å². The number of hydrogen-bond donors (Lipinski definition) is 2. The van der Waals surface area contributed by atoms with E-state index in [0.717, 1.165) is 16.6 Å². The van der Waals surface area contributed by atoms with Gasteiger partial charge in [-0.05, 0) is 12.1 Å². The van der Waals surface area contributed by atoms with Gasteiger partial charge in [0.15, 0.2) is 11.4 Å². The second-order valence-electron chi connectivity index (χ2n) is 5.78. The number of carbonyl (C=O) groups is 1. The van der Waals surface area contributed by atoms with Crippen LogP contribution in [0.5, 0.6) is 5.75 Å². The van der Waals surface area contributed by atoms with Gasteiger partial charge in [0, 0.05) is 12.6 Å². The van der Waals surface area contributed by atoms with Crippen molar-refractivity contribution in [2.24, 2.45) is 7.05 Å². The average molecular weight is 347 g/mol. The zero-order valence-corrected chi connectivity index (χ0v) is 14.4. The van der Waals surface area contributed by atoms with Crippen LogP contribution in [0.3, 0.4) is 0 Å². The van der Waals surface area contributed by atoms with Crippen LogP contribution < -0.4 is 10.1 Å². The molecule has 0 bridgehead atoms. The number of carbonyl (C=O) groups excluding carboxylic acids is 1. The molecule has 0 aliphatic heterocycles. The fourth-order valence-corrected chi connectivity index (χ4v) is 2.91. The molecule has 4 rings (SSSR count). The molecule has 0 spiro atoms. The van der Waals surface area contributed by atoms with E-state index in [2.05, 4.69) is 20.4 Å². The number of aryl methyl sites for hydroxylation is 1. The van der Waals surface area contributed by atoms with Crippen LogP contribution in [0.15, 0.2) is 54.6 Å². The minimum absolute atomic E-state index is 0.326. The van der Waals surface area contributed by atoms with Gasteiger partial charge >= 0.3 is 0 Å². The first-order chi connectivity index (χ1) is 12.7. The molecule has 0 aliphatic rings. The third-order valence-corrected chi connectivity index (χ3v) is 4.09. The highest BCUT2D eigenvalue weighted by atomic mass is 16.5. The van der Waals surface area contributed by atoms with Gasteiger partial charge in [-0.3, -0.25) is 14.8 Å². The maximum absolute atomic E-state index is 12.8. The van der Waals surface area contributed by atoms with Gasteiger partial charge < -0.3 is 9.72 Å². The molecule has 2 aromatic carbocycles. The lowest BCUT2D eigenvalue weighted by molar-refractivity contribution is 0.101. The molecule has 2 aromatic heterocycles. The highest BCUT2D eigenvalue weighted by Crippen LogP contribution is 2.32. The van der Waals surface area contributed by atoms with Crippen LogP contribution >= 0.6 is 0 Å². The molecule has 0 saturated carbocycles. The normalized spacial score (nSPS) is 10.8. The standard InChI is InChI=1S/C19H17N5O2/c1-24-16(17(26-2)15(23-24)12-8-4-3-5-9-12)18(25)22-19-20-13-10-6-7-11-14(13)21-19/h3-11H,1-2H3,(H2,20,21,22,25). The lowest BCUT2D eigenvalue weighted by Gasteiger charge is -2.05. The molecule has 1 amide bonds. The number of ether oxygens (including phenoxy) is 1. The van der Waals surface area contributed by atoms with Crippen LogP contribution in [-0.2, 0) is 7.05 Å². The summed E-state index contributed by atoms with van der Waals surface area (Å²) in [5, 5.41) is 7.24. The van der Waals surface area contributed by atoms with Gasteiger partial charge in [-0.2, -0.15) is 5.10 Å². The maximum Gasteiger partial charge on any atom is 0.280 e. The van der Waals surface area contributed by atoms with Crippen LogP contribution in [0.25, 0.3) is 22.3 Å². The molecular weight excluding hydrogens is 330 g/mol. The number of para-hydroxylation sites is 2. The number of methoxy groups -OCH3 is 1. The summed E-state index contributed by atoms with van der Waals surface area (Å²) in [7, 11) is 3.24. The molecule has 0 unspecified atom stereocenters. The number of aromatic amines is 1. The lowest BCUT2D eigenvalue weighted by atomic mass is 10.1. The molecule has 130 valence electrons. The molecule has 7 heteroatoms. The number of nitrogens with zero attached hydrogens (tertiary/aromatic N) is 3. The summed E-state index contributed by atoms with van der Waals surface area (Å²) in [6.07, 6.45) is 0. The number of anilines is 1. The van der Waals surface area contributed by atoms with Gasteiger partial charge in [0.25, 0.3) is 5.91 Å². The van der Waals surface area contributed by atoms with Crippen molar-refractivity contribution in [2.45, 2.75) is 0 Å². The summed E-state index contributed by atoms with van der Waals surface area (Å²) in [4.78, 5) is 20.3. The Hall–Kier alpha value is -3.61. The highest BCUT2D eigenvalue weighted by molar-refractivity contribution is 6.06. The second kappa shape index (κ2) is 6.36. The summed E-state index contributed by atoms with van der Waals surface area (Å²) in [5.41, 5.74) is 3.45. The zero-order chi connectivity index (χ0) is 18.1. The van der Waals surface area contributed by atoms with Crippen molar-refractivity contribution in [1.29, 1.82) is 0 Å². The first-order valence-electron chi connectivity index (χ1n) is 8.10. The minimum atomic E-state index is -0.349. The number of imidazole rings is 1. The van der Waals surface area contributed by atoms with E-state index >= 15 is 0 Å². The quantitative estimate of drug-likeness (QED) is 0.593. The molecule has 0 atom stereocenters. The summed E-state index contributed by atoms with van der Waals surface area (Å²) in [6.45, 7) is 0. The Morgan fingerprint density at radius 1 is 1.12 bits per heavy atom. The number of aromatic nitrogens is 4. The highest BCUT2D eigenvalue weighted by Gasteiger charge is 2.24. The molecular formula is C19H17N5O2. The molecule has 0 saturated heterocycles. The van der Waals surface area contributed by atoms with E-state index in [4.69, 9.17) is 4.74 Å². The summed E-state index contributed by atoms with van der Waals surface area (Å²) < 4.78 is 7.01. The number of rotatable bonds is 4. The second-order valence-corrected chi connectivity index (χ2v) is 5.78. The Balaban J connectivity index is 1.70. The monoisotopic (exact) mass is 347 g/mol. The lowest BCUT2D eigenvalue weighted by Crippen LogP contribution is -2.17. The Morgan fingerprint density at radius 2 is 1.85 bits per heavy atom. The number of H-pyrrole nitrogens is 1. The van der Waals surface area contributed by atoms with Crippen LogP contribution in [0.1, 0.15) is 10.5 Å². The third-order valence-electron chi connectivity index (χ3n) is 4.09. The Bertz CT molecular complexity index is 1050. The van der Waals surface area contributed by atoms with Crippen LogP contribution in [-0.4, -0.2) is 32.8 Å². The molecule has 7 nitrogen and oxygen atoms in total.